The molecule has 1 unspecified atom stereocenters. The number of rotatable bonds is 5. The monoisotopic (exact) mass is 504 g/mol. The Balaban J connectivity index is 1.93. The Kier molecular flexibility index (Phi) is 5.72. The van der Waals surface area contributed by atoms with E-state index in [1.807, 2.05) is 0 Å². The topological polar surface area (TPSA) is 18.5 Å². The molecule has 0 heterocycles. The average molecular weight is 504 g/mol. The zero-order chi connectivity index (χ0) is 16.1. The SMILES string of the molecule is COC1=CC=[C]([Bi]([c]2ccc(OC)cc2)[CH]2C=CC=CC2)CC1. The fourth-order valence-electron chi connectivity index (χ4n) is 3.05. The Morgan fingerprint density at radius 1 is 0.957 bits per heavy atom. The van der Waals surface area contributed by atoms with Crippen molar-refractivity contribution in [2.45, 2.75) is 22.9 Å². The number of methoxy groups -OCH3 is 2. The van der Waals surface area contributed by atoms with Crippen LogP contribution in [0.25, 0.3) is 0 Å². The molecule has 3 heteroatoms. The molecule has 0 bridgehead atoms. The minimum absolute atomic E-state index is 0.715. The molecule has 0 saturated carbocycles. The molecule has 0 radical (unpaired) electrons. The normalized spacial score (nSPS) is 20.2. The van der Waals surface area contributed by atoms with E-state index in [0.717, 1.165) is 24.4 Å². The summed E-state index contributed by atoms with van der Waals surface area (Å²) in [6.07, 6.45) is 17.0. The number of hydrogen-bond donors (Lipinski definition) is 0. The molecule has 2 nitrogen and oxygen atoms in total. The Labute approximate surface area is 146 Å². The fraction of sp³-hybridized carbons (Fsp3) is 0.300. The maximum atomic E-state index is 5.40. The van der Waals surface area contributed by atoms with E-state index < -0.39 is 21.8 Å². The van der Waals surface area contributed by atoms with Crippen molar-refractivity contribution in [2.75, 3.05) is 14.2 Å². The molecule has 2 aliphatic rings. The molecule has 0 N–H and O–H groups in total. The van der Waals surface area contributed by atoms with Crippen molar-refractivity contribution in [1.29, 1.82) is 0 Å². The van der Waals surface area contributed by atoms with Crippen molar-refractivity contribution < 1.29 is 9.47 Å². The number of ether oxygens (including phenoxy) is 2. The van der Waals surface area contributed by atoms with E-state index in [2.05, 4.69) is 60.7 Å². The molecule has 1 aromatic rings. The molecule has 3 rings (SSSR count). The van der Waals surface area contributed by atoms with E-state index in [1.165, 1.54) is 6.42 Å². The van der Waals surface area contributed by atoms with Crippen molar-refractivity contribution in [3.63, 3.8) is 0 Å². The van der Waals surface area contributed by atoms with E-state index in [1.54, 1.807) is 20.8 Å². The first kappa shape index (κ1) is 16.5. The zero-order valence-corrected chi connectivity index (χ0v) is 17.2. The predicted molar refractivity (Wildman–Crippen MR) is 97.4 cm³/mol. The van der Waals surface area contributed by atoms with Crippen molar-refractivity contribution in [3.05, 3.63) is 69.8 Å². The van der Waals surface area contributed by atoms with Crippen LogP contribution in [0.4, 0.5) is 0 Å². The number of allylic oxidation sites excluding steroid dienone is 8. The maximum absolute atomic E-state index is 5.40. The first-order valence-electron chi connectivity index (χ1n) is 8.02. The van der Waals surface area contributed by atoms with E-state index in [9.17, 15) is 0 Å². The third-order valence-corrected chi connectivity index (χ3v) is 15.5. The van der Waals surface area contributed by atoms with Crippen LogP contribution < -0.4 is 8.01 Å². The molecule has 0 aliphatic heterocycles. The van der Waals surface area contributed by atoms with Crippen molar-refractivity contribution in [1.82, 2.24) is 0 Å². The van der Waals surface area contributed by atoms with Gasteiger partial charge in [-0.25, -0.2) is 0 Å². The third-order valence-electron chi connectivity index (χ3n) is 4.30. The molecule has 23 heavy (non-hydrogen) atoms. The van der Waals surface area contributed by atoms with Gasteiger partial charge >= 0.3 is 147 Å². The van der Waals surface area contributed by atoms with Gasteiger partial charge in [0.2, 0.25) is 0 Å². The van der Waals surface area contributed by atoms with Crippen molar-refractivity contribution >= 4 is 25.0 Å². The van der Waals surface area contributed by atoms with Gasteiger partial charge in [-0.1, -0.05) is 0 Å². The molecular weight excluding hydrogens is 481 g/mol. The third kappa shape index (κ3) is 3.95. The first-order valence-corrected chi connectivity index (χ1v) is 13.5. The van der Waals surface area contributed by atoms with Crippen LogP contribution in [-0.4, -0.2) is 36.0 Å². The quantitative estimate of drug-likeness (QED) is 0.563. The summed E-state index contributed by atoms with van der Waals surface area (Å²) in [6.45, 7) is 0. The van der Waals surface area contributed by atoms with Gasteiger partial charge in [-0.2, -0.15) is 0 Å². The Morgan fingerprint density at radius 3 is 2.35 bits per heavy atom. The van der Waals surface area contributed by atoms with Gasteiger partial charge < -0.3 is 0 Å². The fourth-order valence-corrected chi connectivity index (χ4v) is 13.9. The van der Waals surface area contributed by atoms with Gasteiger partial charge in [-0.05, 0) is 0 Å². The summed E-state index contributed by atoms with van der Waals surface area (Å²) in [5, 5.41) is 0. The second-order valence-corrected chi connectivity index (χ2v) is 15.4. The summed E-state index contributed by atoms with van der Waals surface area (Å²) in [7, 11) is 3.49. The van der Waals surface area contributed by atoms with Gasteiger partial charge in [0.25, 0.3) is 0 Å². The average Bonchev–Trinajstić information content (AvgIpc) is 2.64. The molecule has 0 saturated heterocycles. The summed E-state index contributed by atoms with van der Waals surface area (Å²) in [4.78, 5) is 0. The van der Waals surface area contributed by atoms with E-state index in [0.29, 0.717) is 3.63 Å². The van der Waals surface area contributed by atoms with Crippen molar-refractivity contribution in [3.8, 4) is 5.75 Å². The van der Waals surface area contributed by atoms with Crippen LogP contribution in [0.1, 0.15) is 19.3 Å². The van der Waals surface area contributed by atoms with Crippen LogP contribution in [0.2, 0.25) is 3.63 Å². The summed E-state index contributed by atoms with van der Waals surface area (Å²) >= 11 is -2.04. The Bertz CT molecular complexity index is 653. The number of hydrogen-bond acceptors (Lipinski definition) is 2. The molecule has 1 atom stereocenters. The molecule has 0 amide bonds. The molecule has 0 aromatic heterocycles. The Hall–Kier alpha value is -1.34. The van der Waals surface area contributed by atoms with Crippen LogP contribution in [0, 0.1) is 0 Å². The zero-order valence-electron chi connectivity index (χ0n) is 13.7. The van der Waals surface area contributed by atoms with Gasteiger partial charge in [0.15, 0.2) is 0 Å². The van der Waals surface area contributed by atoms with E-state index >= 15 is 0 Å². The second kappa shape index (κ2) is 7.97. The molecular formula is C20H23BiO2. The Morgan fingerprint density at radius 2 is 1.78 bits per heavy atom. The van der Waals surface area contributed by atoms with Crippen molar-refractivity contribution in [2.24, 2.45) is 0 Å². The second-order valence-electron chi connectivity index (χ2n) is 5.68. The number of benzene rings is 1. The van der Waals surface area contributed by atoms with Gasteiger partial charge in [-0.15, -0.1) is 0 Å². The van der Waals surface area contributed by atoms with Gasteiger partial charge in [-0.3, -0.25) is 0 Å². The molecule has 2 aliphatic carbocycles. The van der Waals surface area contributed by atoms with Gasteiger partial charge in [0.05, 0.1) is 0 Å². The van der Waals surface area contributed by atoms with E-state index in [-0.39, 0.29) is 0 Å². The van der Waals surface area contributed by atoms with Crippen LogP contribution >= 0.6 is 0 Å². The summed E-state index contributed by atoms with van der Waals surface area (Å²) < 4.78 is 14.7. The molecule has 0 spiro atoms. The van der Waals surface area contributed by atoms with Gasteiger partial charge in [0, 0.05) is 0 Å². The van der Waals surface area contributed by atoms with E-state index in [4.69, 9.17) is 9.47 Å². The summed E-state index contributed by atoms with van der Waals surface area (Å²) in [5.41, 5.74) is 0. The van der Waals surface area contributed by atoms with Gasteiger partial charge in [0.1, 0.15) is 0 Å². The van der Waals surface area contributed by atoms with Crippen LogP contribution in [-0.2, 0) is 4.74 Å². The summed E-state index contributed by atoms with van der Waals surface area (Å²) in [5.74, 6) is 2.04. The molecule has 1 aromatic carbocycles. The molecule has 0 fully saturated rings. The van der Waals surface area contributed by atoms with Crippen LogP contribution in [0.3, 0.4) is 0 Å². The predicted octanol–water partition coefficient (Wildman–Crippen LogP) is 4.07. The molecule has 120 valence electrons. The minimum atomic E-state index is -2.04. The first-order chi connectivity index (χ1) is 11.3. The van der Waals surface area contributed by atoms with Crippen LogP contribution in [0.15, 0.2) is 69.8 Å². The standard InChI is InChI=1S/C7H9O.C7H7O.C6H7.Bi/c2*1-8-7-5-3-2-4-6-7;1-2-4-6-5-3-1;/h3,5H,4,6H2,1H3;3-6H,1H3;1-5H,6H2;. The van der Waals surface area contributed by atoms with Crippen LogP contribution in [0.5, 0.6) is 5.75 Å². The summed E-state index contributed by atoms with van der Waals surface area (Å²) in [6, 6.07) is 8.80.